The Bertz CT molecular complexity index is 2170. The van der Waals surface area contributed by atoms with Gasteiger partial charge in [0.1, 0.15) is 0 Å². The number of nitrogens with two attached hydrogens (primary N) is 1. The molecular weight excluding hydrogens is 782 g/mol. The summed E-state index contributed by atoms with van der Waals surface area (Å²) in [6, 6.07) is 20.8. The Morgan fingerprint density at radius 2 is 1.15 bits per heavy atom. The van der Waals surface area contributed by atoms with Crippen molar-refractivity contribution >= 4 is 41.5 Å². The number of aromatic nitrogens is 8. The first-order valence-electron chi connectivity index (χ1n) is 15.8. The molecule has 2 aromatic heterocycles. The number of tetrazole rings is 2. The Labute approximate surface area is 318 Å². The van der Waals surface area contributed by atoms with Gasteiger partial charge in [-0.25, -0.2) is 0 Å². The van der Waals surface area contributed by atoms with Gasteiger partial charge in [-0.1, -0.05) is 71.7 Å². The van der Waals surface area contributed by atoms with Crippen molar-refractivity contribution in [1.82, 2.24) is 40.4 Å². The number of hydrogen-bond donors (Lipinski definition) is 5. The van der Waals surface area contributed by atoms with Gasteiger partial charge in [0.05, 0.1) is 47.5 Å². The Morgan fingerprint density at radius 1 is 0.655 bits per heavy atom. The van der Waals surface area contributed by atoms with Crippen molar-refractivity contribution in [2.45, 2.75) is 31.9 Å². The van der Waals surface area contributed by atoms with Crippen LogP contribution >= 0.6 is 23.2 Å². The average Bonchev–Trinajstić information content (AvgIpc) is 3.79. The second-order valence-electron chi connectivity index (χ2n) is 11.2. The summed E-state index contributed by atoms with van der Waals surface area (Å²) in [5, 5.41) is 57.8. The van der Waals surface area contributed by atoms with Crippen LogP contribution in [0.2, 0.25) is 10.0 Å². The minimum absolute atomic E-state index is 0.0138. The van der Waals surface area contributed by atoms with E-state index in [1.54, 1.807) is 12.1 Å². The van der Waals surface area contributed by atoms with Crippen molar-refractivity contribution in [2.24, 2.45) is 0 Å². The van der Waals surface area contributed by atoms with Gasteiger partial charge in [0.15, 0.2) is 0 Å². The molecule has 6 N–H and O–H groups in total. The molecule has 0 aliphatic rings. The lowest BCUT2D eigenvalue weighted by Gasteiger charge is -2.11. The fraction of sp³-hybridized carbons (Fsp3) is 0.212. The minimum Gasteiger partial charge on any atom is -0.423 e. The molecule has 2 heterocycles. The molecule has 6 rings (SSSR count). The van der Waals surface area contributed by atoms with E-state index in [0.717, 1.165) is 29.3 Å². The first-order valence-corrected chi connectivity index (χ1v) is 16.6. The number of hydrogen-bond acceptors (Lipinski definition) is 11. The van der Waals surface area contributed by atoms with Crippen LogP contribution in [0.4, 0.5) is 32.0 Å². The van der Waals surface area contributed by atoms with Gasteiger partial charge in [-0.3, -0.25) is 0 Å². The molecule has 4 aromatic carbocycles. The van der Waals surface area contributed by atoms with E-state index >= 15 is 0 Å². The molecule has 0 saturated heterocycles. The number of benzene rings is 4. The summed E-state index contributed by atoms with van der Waals surface area (Å²) in [6.07, 6.45) is -8.65. The topological polar surface area (TPSA) is 194 Å². The molecule has 0 aliphatic carbocycles. The third kappa shape index (κ3) is 11.9. The smallest absolute Gasteiger partial charge is 0.423 e. The molecule has 0 fully saturated rings. The fourth-order valence-electron chi connectivity index (χ4n) is 4.70. The highest BCUT2D eigenvalue weighted by molar-refractivity contribution is 6.59. The molecule has 0 spiro atoms. The molecule has 0 bridgehead atoms. The van der Waals surface area contributed by atoms with Crippen molar-refractivity contribution in [3.8, 4) is 22.8 Å². The minimum atomic E-state index is -4.53. The maximum Gasteiger partial charge on any atom is 0.488 e. The molecule has 0 amide bonds. The van der Waals surface area contributed by atoms with E-state index in [2.05, 4.69) is 30.8 Å². The van der Waals surface area contributed by atoms with Crippen molar-refractivity contribution in [1.29, 1.82) is 0 Å². The number of para-hydroxylation sites is 1. The van der Waals surface area contributed by atoms with Gasteiger partial charge >= 0.3 is 19.5 Å². The predicted molar refractivity (Wildman–Crippen MR) is 191 cm³/mol. The summed E-state index contributed by atoms with van der Waals surface area (Å²) >= 11 is 11.1. The first kappa shape index (κ1) is 42.6. The van der Waals surface area contributed by atoms with Crippen LogP contribution < -0.4 is 11.2 Å². The second kappa shape index (κ2) is 19.0. The Balaban J connectivity index is 0.000000198. The molecular formula is C33H30BCl2F6N9O4. The third-order valence-corrected chi connectivity index (χ3v) is 7.92. The maximum absolute atomic E-state index is 12.8. The molecule has 0 aliphatic heterocycles. The monoisotopic (exact) mass is 811 g/mol. The van der Waals surface area contributed by atoms with E-state index in [4.69, 9.17) is 49.2 Å². The van der Waals surface area contributed by atoms with Crippen LogP contribution in [0.25, 0.3) is 22.8 Å². The highest BCUT2D eigenvalue weighted by atomic mass is 35.5. The van der Waals surface area contributed by atoms with E-state index in [1.807, 2.05) is 36.4 Å². The quantitative estimate of drug-likeness (QED) is 0.0782. The molecule has 290 valence electrons. The Morgan fingerprint density at radius 3 is 1.64 bits per heavy atom. The number of anilines is 1. The largest absolute Gasteiger partial charge is 0.488 e. The number of rotatable bonds is 9. The van der Waals surface area contributed by atoms with Crippen LogP contribution in [-0.4, -0.2) is 81.0 Å². The van der Waals surface area contributed by atoms with E-state index < -0.39 is 35.6 Å². The zero-order valence-corrected chi connectivity index (χ0v) is 29.7. The van der Waals surface area contributed by atoms with Gasteiger partial charge in [-0.15, -0.1) is 20.4 Å². The molecule has 0 saturated carbocycles. The molecule has 0 atom stereocenters. The van der Waals surface area contributed by atoms with Gasteiger partial charge in [0, 0.05) is 16.8 Å². The fourth-order valence-corrected chi connectivity index (χ4v) is 5.31. The first-order chi connectivity index (χ1) is 26.0. The lowest BCUT2D eigenvalue weighted by atomic mass is 9.80. The van der Waals surface area contributed by atoms with Gasteiger partial charge in [0.2, 0.25) is 11.6 Å². The summed E-state index contributed by atoms with van der Waals surface area (Å²) in [4.78, 5) is 2.61. The predicted octanol–water partition coefficient (Wildman–Crippen LogP) is 4.55. The van der Waals surface area contributed by atoms with Crippen LogP contribution in [0.1, 0.15) is 22.3 Å². The van der Waals surface area contributed by atoms with E-state index in [9.17, 15) is 26.3 Å². The second-order valence-corrected chi connectivity index (χ2v) is 12.0. The third-order valence-electron chi connectivity index (χ3n) is 7.30. The number of nitrogen functional groups attached to an aromatic ring is 1. The summed E-state index contributed by atoms with van der Waals surface area (Å²) in [5.41, 5.74) is 7.38. The van der Waals surface area contributed by atoms with Crippen LogP contribution in [-0.2, 0) is 31.9 Å². The SMILES string of the molecule is Nc1ccccc1-c1nnn(CCO)n1.OB(O)c1ccc(C(F)(F)F)c(Cl)c1.OCCn1nnc(-c2ccccc2Cc2ccc(C(F)(F)F)c(Cl)c2)n1. The molecule has 13 nitrogen and oxygen atoms in total. The Hall–Kier alpha value is -5.12. The van der Waals surface area contributed by atoms with Gasteiger partial charge in [-0.05, 0) is 69.8 Å². The summed E-state index contributed by atoms with van der Waals surface area (Å²) in [7, 11) is -1.82. The summed E-state index contributed by atoms with van der Waals surface area (Å²) in [6.45, 7) is 0.436. The van der Waals surface area contributed by atoms with Crippen molar-refractivity contribution in [3.63, 3.8) is 0 Å². The maximum atomic E-state index is 12.8. The number of aliphatic hydroxyl groups is 2. The molecule has 6 aromatic rings. The van der Waals surface area contributed by atoms with Crippen LogP contribution in [0.5, 0.6) is 0 Å². The molecule has 0 unspecified atom stereocenters. The normalized spacial score (nSPS) is 11.3. The van der Waals surface area contributed by atoms with Crippen molar-refractivity contribution in [2.75, 3.05) is 18.9 Å². The van der Waals surface area contributed by atoms with Crippen LogP contribution in [0, 0.1) is 0 Å². The standard InChI is InChI=1S/C17H14ClF3N4O.C9H11N5O.C7H5BClF3O2/c18-15-10-11(5-6-14(15)17(19,20)21)9-12-3-1-2-4-13(12)16-22-24-25(23-16)7-8-26;10-8-4-2-1-3-7(8)9-11-13-14(12-9)5-6-15;9-6-3-4(8(13)14)1-2-5(6)7(10,11)12/h1-6,10,26H,7-9H2;1-4,15H,5-6,10H2;1-3,13-14H. The van der Waals surface area contributed by atoms with Crippen LogP contribution in [0.15, 0.2) is 84.9 Å². The van der Waals surface area contributed by atoms with Gasteiger partial charge in [0.25, 0.3) is 0 Å². The van der Waals surface area contributed by atoms with Gasteiger partial charge in [-0.2, -0.15) is 35.9 Å². The van der Waals surface area contributed by atoms with Crippen LogP contribution in [0.3, 0.4) is 0 Å². The summed E-state index contributed by atoms with van der Waals surface area (Å²) < 4.78 is 75.0. The van der Waals surface area contributed by atoms with Crippen molar-refractivity contribution in [3.05, 3.63) is 117 Å². The van der Waals surface area contributed by atoms with E-state index in [1.165, 1.54) is 21.7 Å². The lowest BCUT2D eigenvalue weighted by Crippen LogP contribution is -2.30. The number of aliphatic hydroxyl groups excluding tert-OH is 2. The molecule has 22 heteroatoms. The van der Waals surface area contributed by atoms with Gasteiger partial charge < -0.3 is 26.0 Å². The average molecular weight is 812 g/mol. The zero-order valence-electron chi connectivity index (χ0n) is 28.2. The highest BCUT2D eigenvalue weighted by Crippen LogP contribution is 2.36. The molecule has 55 heavy (non-hydrogen) atoms. The summed E-state index contributed by atoms with van der Waals surface area (Å²) in [5.74, 6) is 0.855. The lowest BCUT2D eigenvalue weighted by molar-refractivity contribution is -0.138. The van der Waals surface area contributed by atoms with E-state index in [-0.39, 0.29) is 30.2 Å². The Kier molecular flexibility index (Phi) is 14.7. The van der Waals surface area contributed by atoms with E-state index in [0.29, 0.717) is 47.5 Å². The zero-order chi connectivity index (χ0) is 40.3. The number of halogens is 8. The number of nitrogens with zero attached hydrogens (tertiary/aromatic N) is 8. The number of alkyl halides is 6. The van der Waals surface area contributed by atoms with Crippen molar-refractivity contribution < 1.29 is 46.6 Å². The highest BCUT2D eigenvalue weighted by Gasteiger charge is 2.34. The molecule has 0 radical (unpaired) electrons.